The van der Waals surface area contributed by atoms with Crippen molar-refractivity contribution in [2.24, 2.45) is 0 Å². The molecule has 1 N–H and O–H groups in total. The molecule has 0 aromatic heterocycles. The van der Waals surface area contributed by atoms with Gasteiger partial charge < -0.3 is 8.76 Å². The van der Waals surface area contributed by atoms with Crippen LogP contribution < -0.4 is 0 Å². The van der Waals surface area contributed by atoms with E-state index in [0.29, 0.717) is 0 Å². The number of rotatable bonds is 1. The van der Waals surface area contributed by atoms with Crippen LogP contribution in [0.15, 0.2) is 84.9 Å². The van der Waals surface area contributed by atoms with Crippen LogP contribution in [0.2, 0.25) is 0 Å². The Morgan fingerprint density at radius 2 is 1.29 bits per heavy atom. The van der Waals surface area contributed by atoms with E-state index in [9.17, 15) is 0 Å². The molecule has 4 rings (SSSR count). The molecule has 4 heteroatoms. The second kappa shape index (κ2) is 7.53. The van der Waals surface area contributed by atoms with Crippen molar-refractivity contribution in [1.29, 1.82) is 0 Å². The standard InChI is InChI=1S/C20H14.HO2S2/c1-2-8-17-14-18(13-12-15(17)6-1)20-11-5-9-16-7-3-4-10-19(16)20;1-4(2)3/h1-14H;(H,1,2,3)/q;-1. The molecule has 120 valence electrons. The van der Waals surface area contributed by atoms with Gasteiger partial charge in [-0.25, -0.2) is 11.2 Å². The molecule has 0 unspecified atom stereocenters. The third kappa shape index (κ3) is 3.79. The minimum atomic E-state index is -2.03. The van der Waals surface area contributed by atoms with E-state index in [-0.39, 0.29) is 0 Å². The molecule has 0 bridgehead atoms. The summed E-state index contributed by atoms with van der Waals surface area (Å²) < 4.78 is 16.3. The maximum atomic E-state index is 8.93. The topological polar surface area (TPSA) is 37.3 Å². The zero-order valence-corrected chi connectivity index (χ0v) is 14.4. The van der Waals surface area contributed by atoms with Gasteiger partial charge in [-0.15, -0.1) is 0 Å². The highest BCUT2D eigenvalue weighted by atomic mass is 32.8. The van der Waals surface area contributed by atoms with Crippen LogP contribution in [-0.2, 0) is 25.0 Å². The predicted octanol–water partition coefficient (Wildman–Crippen LogP) is 5.55. The lowest BCUT2D eigenvalue weighted by molar-refractivity contribution is 0.536. The number of hydrogen-bond donors (Lipinski definition) is 1. The van der Waals surface area contributed by atoms with Gasteiger partial charge in [0.05, 0.1) is 0 Å². The van der Waals surface area contributed by atoms with Crippen molar-refractivity contribution in [3.8, 4) is 11.1 Å². The van der Waals surface area contributed by atoms with Crippen LogP contribution in [0.1, 0.15) is 0 Å². The first-order valence-corrected chi connectivity index (χ1v) is 9.43. The number of hydrogen-bond acceptors (Lipinski definition) is 3. The number of fused-ring (bicyclic) bond motifs is 2. The van der Waals surface area contributed by atoms with Crippen molar-refractivity contribution in [1.82, 2.24) is 0 Å². The average Bonchev–Trinajstić information content (AvgIpc) is 2.60. The Hall–Kier alpha value is -2.27. The van der Waals surface area contributed by atoms with E-state index in [4.69, 9.17) is 8.76 Å². The minimum Gasteiger partial charge on any atom is -0.459 e. The monoisotopic (exact) mass is 351 g/mol. The van der Waals surface area contributed by atoms with Gasteiger partial charge in [0, 0.05) is 0 Å². The lowest BCUT2D eigenvalue weighted by Crippen LogP contribution is -1.82. The van der Waals surface area contributed by atoms with Crippen LogP contribution in [0, 0.1) is 0 Å². The van der Waals surface area contributed by atoms with Gasteiger partial charge in [-0.1, -0.05) is 88.5 Å². The highest BCUT2D eigenvalue weighted by molar-refractivity contribution is 8.18. The lowest BCUT2D eigenvalue weighted by Gasteiger charge is -2.08. The van der Waals surface area contributed by atoms with E-state index in [1.165, 1.54) is 32.7 Å². The molecule has 0 atom stereocenters. The van der Waals surface area contributed by atoms with Gasteiger partial charge in [-0.3, -0.25) is 0 Å². The Labute approximate surface area is 147 Å². The summed E-state index contributed by atoms with van der Waals surface area (Å²) in [5.41, 5.74) is 2.58. The molecule has 2 nitrogen and oxygen atoms in total. The lowest BCUT2D eigenvalue weighted by atomic mass is 9.96. The third-order valence-corrected chi connectivity index (χ3v) is 3.85. The first-order chi connectivity index (χ1) is 11.6. The zero-order valence-electron chi connectivity index (χ0n) is 12.8. The van der Waals surface area contributed by atoms with Crippen LogP contribution in [0.3, 0.4) is 0 Å². The van der Waals surface area contributed by atoms with Crippen LogP contribution in [0.4, 0.5) is 0 Å². The molecule has 4 aromatic rings. The summed E-state index contributed by atoms with van der Waals surface area (Å²) in [7, 11) is -2.03. The third-order valence-electron chi connectivity index (χ3n) is 3.85. The van der Waals surface area contributed by atoms with E-state index >= 15 is 0 Å². The molecule has 0 aliphatic rings. The van der Waals surface area contributed by atoms with Gasteiger partial charge >= 0.3 is 0 Å². The summed E-state index contributed by atoms with van der Waals surface area (Å²) in [6.07, 6.45) is 0. The zero-order chi connectivity index (χ0) is 16.9. The van der Waals surface area contributed by atoms with Gasteiger partial charge in [-0.2, -0.15) is 0 Å². The molecule has 0 aliphatic heterocycles. The van der Waals surface area contributed by atoms with E-state index in [2.05, 4.69) is 96.1 Å². The quantitative estimate of drug-likeness (QED) is 0.361. The van der Waals surface area contributed by atoms with E-state index in [1.54, 1.807) is 0 Å². The summed E-state index contributed by atoms with van der Waals surface area (Å²) in [5.74, 6) is 0. The average molecular weight is 351 g/mol. The fourth-order valence-electron chi connectivity index (χ4n) is 2.83. The first kappa shape index (κ1) is 16.6. The fraction of sp³-hybridized carbons (Fsp3) is 0. The Bertz CT molecular complexity index is 1060. The molecule has 0 heterocycles. The molecular formula is C20H15O2S2-. The number of benzene rings is 4. The second-order valence-corrected chi connectivity index (χ2v) is 6.60. The van der Waals surface area contributed by atoms with Gasteiger partial charge in [0.15, 0.2) is 0 Å². The van der Waals surface area contributed by atoms with Crippen LogP contribution in [-0.4, -0.2) is 4.55 Å². The molecule has 0 aliphatic carbocycles. The molecular weight excluding hydrogens is 336 g/mol. The Morgan fingerprint density at radius 1 is 0.708 bits per heavy atom. The van der Waals surface area contributed by atoms with Crippen molar-refractivity contribution in [3.05, 3.63) is 84.9 Å². The minimum absolute atomic E-state index is 1.28. The highest BCUT2D eigenvalue weighted by Gasteiger charge is 2.03. The van der Waals surface area contributed by atoms with Gasteiger partial charge in [0.2, 0.25) is 0 Å². The first-order valence-electron chi connectivity index (χ1n) is 7.40. The highest BCUT2D eigenvalue weighted by Crippen LogP contribution is 2.30. The van der Waals surface area contributed by atoms with Crippen molar-refractivity contribution in [3.63, 3.8) is 0 Å². The molecule has 0 saturated heterocycles. The van der Waals surface area contributed by atoms with Gasteiger partial charge in [0.1, 0.15) is 0 Å². The SMILES string of the molecule is O=[S-](O)=S.c1ccc2cc(-c3cccc4ccccc34)ccc2c1. The molecule has 0 amide bonds. The molecule has 0 spiro atoms. The maximum Gasteiger partial charge on any atom is -0.0105 e. The Balaban J connectivity index is 0.000000383. The summed E-state index contributed by atoms with van der Waals surface area (Å²) in [6, 6.07) is 30.2. The van der Waals surface area contributed by atoms with Crippen LogP contribution in [0.5, 0.6) is 0 Å². The van der Waals surface area contributed by atoms with Crippen molar-refractivity contribution >= 4 is 42.4 Å². The summed E-state index contributed by atoms with van der Waals surface area (Å²) in [6.45, 7) is 0. The Kier molecular flexibility index (Phi) is 5.20. The van der Waals surface area contributed by atoms with Crippen LogP contribution in [0.25, 0.3) is 32.7 Å². The molecule has 0 fully saturated rings. The van der Waals surface area contributed by atoms with Crippen molar-refractivity contribution in [2.75, 3.05) is 0 Å². The summed E-state index contributed by atoms with van der Waals surface area (Å²) in [5, 5.41) is 5.18. The van der Waals surface area contributed by atoms with Crippen molar-refractivity contribution < 1.29 is 8.76 Å². The largest absolute Gasteiger partial charge is 0.459 e. The fourth-order valence-corrected chi connectivity index (χ4v) is 2.83. The molecule has 0 radical (unpaired) electrons. The van der Waals surface area contributed by atoms with E-state index in [1.807, 2.05) is 0 Å². The normalized spacial score (nSPS) is 10.6. The maximum absolute atomic E-state index is 8.93. The van der Waals surface area contributed by atoms with Crippen molar-refractivity contribution in [2.45, 2.75) is 0 Å². The van der Waals surface area contributed by atoms with E-state index in [0.717, 1.165) is 0 Å². The summed E-state index contributed by atoms with van der Waals surface area (Å²) in [4.78, 5) is 0. The summed E-state index contributed by atoms with van der Waals surface area (Å²) >= 11 is 3.65. The van der Waals surface area contributed by atoms with Crippen LogP contribution >= 0.6 is 0 Å². The van der Waals surface area contributed by atoms with Gasteiger partial charge in [-0.05, 0) is 38.7 Å². The smallest absolute Gasteiger partial charge is 0.0105 e. The molecule has 24 heavy (non-hydrogen) atoms. The molecule has 4 aromatic carbocycles. The van der Waals surface area contributed by atoms with Gasteiger partial charge in [0.25, 0.3) is 0 Å². The van der Waals surface area contributed by atoms with E-state index < -0.39 is 9.64 Å². The second-order valence-electron chi connectivity index (χ2n) is 5.31. The Morgan fingerprint density at radius 3 is 2.04 bits per heavy atom. The molecule has 0 saturated carbocycles. The predicted molar refractivity (Wildman–Crippen MR) is 105 cm³/mol.